The standard InChI is InChI=1S/C21H17N7O7S/c1-13-9-10-26(24-13)20-7-8-21(23-22-20)35-16-5-3-15(4-6-16)25-36(33,34)17-11-18(27(29)30)14(2)19(12-17)28(31)32/h3-12,25H,1-2H3. The highest BCUT2D eigenvalue weighted by molar-refractivity contribution is 7.92. The summed E-state index contributed by atoms with van der Waals surface area (Å²) in [6, 6.07) is 12.3. The molecule has 14 nitrogen and oxygen atoms in total. The van der Waals surface area contributed by atoms with E-state index in [0.29, 0.717) is 11.6 Å². The Balaban J connectivity index is 1.50. The van der Waals surface area contributed by atoms with Crippen molar-refractivity contribution in [2.75, 3.05) is 4.72 Å². The summed E-state index contributed by atoms with van der Waals surface area (Å²) >= 11 is 0. The molecule has 0 saturated heterocycles. The third-order valence-electron chi connectivity index (χ3n) is 4.94. The smallest absolute Gasteiger partial charge is 0.280 e. The van der Waals surface area contributed by atoms with Gasteiger partial charge in [-0.3, -0.25) is 25.0 Å². The summed E-state index contributed by atoms with van der Waals surface area (Å²) in [6.07, 6.45) is 1.74. The molecule has 0 aliphatic heterocycles. The van der Waals surface area contributed by atoms with Crippen molar-refractivity contribution in [3.63, 3.8) is 0 Å². The van der Waals surface area contributed by atoms with Crippen molar-refractivity contribution >= 4 is 27.1 Å². The normalized spacial score (nSPS) is 11.2. The topological polar surface area (TPSA) is 185 Å². The van der Waals surface area contributed by atoms with E-state index in [0.717, 1.165) is 17.8 Å². The van der Waals surface area contributed by atoms with E-state index in [9.17, 15) is 28.6 Å². The van der Waals surface area contributed by atoms with Gasteiger partial charge in [0, 0.05) is 30.1 Å². The highest BCUT2D eigenvalue weighted by Gasteiger charge is 2.28. The second-order valence-corrected chi connectivity index (χ2v) is 9.15. The zero-order valence-electron chi connectivity index (χ0n) is 18.7. The van der Waals surface area contributed by atoms with Crippen LogP contribution in [0.2, 0.25) is 0 Å². The minimum Gasteiger partial charge on any atom is -0.438 e. The van der Waals surface area contributed by atoms with E-state index in [4.69, 9.17) is 4.74 Å². The molecule has 0 saturated carbocycles. The van der Waals surface area contributed by atoms with Gasteiger partial charge in [0.15, 0.2) is 5.82 Å². The summed E-state index contributed by atoms with van der Waals surface area (Å²) in [5.41, 5.74) is -0.678. The van der Waals surface area contributed by atoms with Gasteiger partial charge >= 0.3 is 0 Å². The number of hydrogen-bond donors (Lipinski definition) is 1. The largest absolute Gasteiger partial charge is 0.438 e. The Kier molecular flexibility index (Phi) is 6.31. The van der Waals surface area contributed by atoms with Crippen molar-refractivity contribution in [1.82, 2.24) is 20.0 Å². The molecule has 4 rings (SSSR count). The first-order valence-corrected chi connectivity index (χ1v) is 11.6. The molecule has 184 valence electrons. The van der Waals surface area contributed by atoms with E-state index in [1.54, 1.807) is 23.0 Å². The number of sulfonamides is 1. The lowest BCUT2D eigenvalue weighted by Gasteiger charge is -2.10. The van der Waals surface area contributed by atoms with Crippen LogP contribution >= 0.6 is 0 Å². The van der Waals surface area contributed by atoms with Crippen molar-refractivity contribution in [3.05, 3.63) is 92.3 Å². The van der Waals surface area contributed by atoms with Crippen LogP contribution in [-0.2, 0) is 10.0 Å². The Morgan fingerprint density at radius 3 is 2.06 bits per heavy atom. The molecule has 15 heteroatoms. The number of aryl methyl sites for hydroxylation is 1. The number of nitrogens with zero attached hydrogens (tertiary/aromatic N) is 6. The lowest BCUT2D eigenvalue weighted by molar-refractivity contribution is -0.395. The van der Waals surface area contributed by atoms with E-state index in [1.807, 2.05) is 13.0 Å². The van der Waals surface area contributed by atoms with E-state index in [1.165, 1.54) is 31.2 Å². The fraction of sp³-hybridized carbons (Fsp3) is 0.0952. The third-order valence-corrected chi connectivity index (χ3v) is 6.30. The minimum absolute atomic E-state index is 0.101. The predicted molar refractivity (Wildman–Crippen MR) is 126 cm³/mol. The molecular formula is C21H17N7O7S. The summed E-state index contributed by atoms with van der Waals surface area (Å²) in [6.45, 7) is 3.02. The number of nitro benzene ring substituents is 2. The number of ether oxygens (including phenoxy) is 1. The summed E-state index contributed by atoms with van der Waals surface area (Å²) in [4.78, 5) is 20.1. The van der Waals surface area contributed by atoms with Gasteiger partial charge in [0.05, 0.1) is 15.5 Å². The van der Waals surface area contributed by atoms with Crippen molar-refractivity contribution < 1.29 is 23.0 Å². The molecule has 0 radical (unpaired) electrons. The lowest BCUT2D eigenvalue weighted by Crippen LogP contribution is -2.14. The summed E-state index contributed by atoms with van der Waals surface area (Å²) in [5, 5.41) is 34.8. The van der Waals surface area contributed by atoms with Crippen molar-refractivity contribution in [2.45, 2.75) is 18.7 Å². The Hall–Kier alpha value is -4.92. The molecule has 0 atom stereocenters. The van der Waals surface area contributed by atoms with Crippen LogP contribution in [0.4, 0.5) is 17.1 Å². The average Bonchev–Trinajstić information content (AvgIpc) is 3.26. The molecule has 0 fully saturated rings. The number of nitro groups is 2. The Bertz CT molecular complexity index is 1530. The molecule has 0 unspecified atom stereocenters. The zero-order valence-corrected chi connectivity index (χ0v) is 19.5. The van der Waals surface area contributed by atoms with Gasteiger partial charge in [-0.15, -0.1) is 10.2 Å². The number of anilines is 1. The van der Waals surface area contributed by atoms with Gasteiger partial charge in [-0.05, 0) is 50.2 Å². The van der Waals surface area contributed by atoms with Crippen molar-refractivity contribution in [3.8, 4) is 17.4 Å². The highest BCUT2D eigenvalue weighted by Crippen LogP contribution is 2.32. The van der Waals surface area contributed by atoms with E-state index in [-0.39, 0.29) is 17.1 Å². The molecule has 0 aliphatic rings. The van der Waals surface area contributed by atoms with Crippen LogP contribution in [0.1, 0.15) is 11.3 Å². The maximum absolute atomic E-state index is 12.8. The van der Waals surface area contributed by atoms with Crippen LogP contribution in [0.3, 0.4) is 0 Å². The number of rotatable bonds is 8. The van der Waals surface area contributed by atoms with Gasteiger partial charge in [-0.2, -0.15) is 5.10 Å². The monoisotopic (exact) mass is 511 g/mol. The van der Waals surface area contributed by atoms with Crippen LogP contribution < -0.4 is 9.46 Å². The van der Waals surface area contributed by atoms with Crippen molar-refractivity contribution in [1.29, 1.82) is 0 Å². The van der Waals surface area contributed by atoms with Crippen LogP contribution in [0.15, 0.2) is 65.7 Å². The number of benzene rings is 2. The van der Waals surface area contributed by atoms with Crippen LogP contribution in [0.5, 0.6) is 11.6 Å². The quantitative estimate of drug-likeness (QED) is 0.270. The summed E-state index contributed by atoms with van der Waals surface area (Å²) in [5.74, 6) is 1.02. The summed E-state index contributed by atoms with van der Waals surface area (Å²) in [7, 11) is -4.37. The predicted octanol–water partition coefficient (Wildman–Crippen LogP) is 3.69. The number of hydrogen-bond acceptors (Lipinski definition) is 10. The second-order valence-electron chi connectivity index (χ2n) is 7.46. The average molecular weight is 511 g/mol. The van der Waals surface area contributed by atoms with Gasteiger partial charge in [0.2, 0.25) is 5.88 Å². The molecule has 4 aromatic rings. The maximum Gasteiger partial charge on any atom is 0.280 e. The SMILES string of the molecule is Cc1ccn(-c2ccc(Oc3ccc(NS(=O)(=O)c4cc([N+](=O)[O-])c(C)c([N+](=O)[O-])c4)cc3)nn2)n1. The van der Waals surface area contributed by atoms with Crippen LogP contribution in [-0.4, -0.2) is 38.2 Å². The van der Waals surface area contributed by atoms with E-state index >= 15 is 0 Å². The first-order valence-electron chi connectivity index (χ1n) is 10.1. The van der Waals surface area contributed by atoms with Gasteiger partial charge < -0.3 is 4.74 Å². The zero-order chi connectivity index (χ0) is 26.0. The van der Waals surface area contributed by atoms with Gasteiger partial charge in [-0.25, -0.2) is 13.1 Å². The van der Waals surface area contributed by atoms with Gasteiger partial charge in [0.25, 0.3) is 21.4 Å². The highest BCUT2D eigenvalue weighted by atomic mass is 32.2. The molecule has 0 bridgehead atoms. The molecule has 2 heterocycles. The molecule has 0 aliphatic carbocycles. The Labute approximate surface area is 203 Å². The Morgan fingerprint density at radius 1 is 0.917 bits per heavy atom. The van der Waals surface area contributed by atoms with Crippen LogP contribution in [0.25, 0.3) is 5.82 Å². The fourth-order valence-electron chi connectivity index (χ4n) is 3.15. The molecule has 0 amide bonds. The minimum atomic E-state index is -4.37. The number of aromatic nitrogens is 4. The van der Waals surface area contributed by atoms with Crippen LogP contribution in [0, 0.1) is 34.1 Å². The van der Waals surface area contributed by atoms with E-state index in [2.05, 4.69) is 20.0 Å². The number of nitrogens with one attached hydrogen (secondary N) is 1. The third kappa shape index (κ3) is 5.10. The molecular weight excluding hydrogens is 494 g/mol. The van der Waals surface area contributed by atoms with Gasteiger partial charge in [0.1, 0.15) is 16.2 Å². The maximum atomic E-state index is 12.8. The molecule has 36 heavy (non-hydrogen) atoms. The van der Waals surface area contributed by atoms with Crippen molar-refractivity contribution in [2.24, 2.45) is 0 Å². The molecule has 2 aromatic heterocycles. The summed E-state index contributed by atoms with van der Waals surface area (Å²) < 4.78 is 35.0. The Morgan fingerprint density at radius 2 is 1.56 bits per heavy atom. The van der Waals surface area contributed by atoms with Gasteiger partial charge in [-0.1, -0.05) is 0 Å². The second kappa shape index (κ2) is 9.38. The fourth-order valence-corrected chi connectivity index (χ4v) is 4.25. The molecule has 0 spiro atoms. The van der Waals surface area contributed by atoms with E-state index < -0.39 is 36.1 Å². The lowest BCUT2D eigenvalue weighted by atomic mass is 10.1. The first kappa shape index (κ1) is 24.2. The molecule has 1 N–H and O–H groups in total. The molecule has 2 aromatic carbocycles. The first-order chi connectivity index (χ1) is 17.0.